The van der Waals surface area contributed by atoms with Gasteiger partial charge in [0.2, 0.25) is 0 Å². The van der Waals surface area contributed by atoms with E-state index in [2.05, 4.69) is 6.92 Å². The van der Waals surface area contributed by atoms with Crippen LogP contribution in [0.25, 0.3) is 0 Å². The molecule has 114 valence electrons. The molecule has 2 unspecified atom stereocenters. The van der Waals surface area contributed by atoms with E-state index >= 15 is 0 Å². The number of hydrogen-bond acceptors (Lipinski definition) is 4. The number of aromatic carboxylic acids is 1. The van der Waals surface area contributed by atoms with E-state index in [1.54, 1.807) is 0 Å². The zero-order valence-electron chi connectivity index (χ0n) is 11.5. The molecular weight excluding hydrogens is 281 g/mol. The van der Waals surface area contributed by atoms with Crippen molar-refractivity contribution in [1.29, 1.82) is 0 Å². The van der Waals surface area contributed by atoms with E-state index in [9.17, 15) is 19.3 Å². The Hall–Kier alpha value is -2.18. The number of halogens is 1. The van der Waals surface area contributed by atoms with E-state index in [1.165, 1.54) is 0 Å². The first-order valence-corrected chi connectivity index (χ1v) is 6.76. The van der Waals surface area contributed by atoms with Crippen molar-refractivity contribution in [2.75, 3.05) is 0 Å². The average molecular weight is 297 g/mol. The molecule has 1 N–H and O–H groups in total. The summed E-state index contributed by atoms with van der Waals surface area (Å²) in [6.45, 7) is 2.07. The first kappa shape index (κ1) is 15.2. The molecule has 1 fully saturated rings. The Labute approximate surface area is 120 Å². The van der Waals surface area contributed by atoms with Gasteiger partial charge in [-0.2, -0.15) is 0 Å². The average Bonchev–Trinajstić information content (AvgIpc) is 2.37. The molecule has 0 saturated heterocycles. The largest absolute Gasteiger partial charge is 0.483 e. The molecule has 6 nitrogen and oxygen atoms in total. The Kier molecular flexibility index (Phi) is 4.40. The van der Waals surface area contributed by atoms with E-state index in [4.69, 9.17) is 9.84 Å². The van der Waals surface area contributed by atoms with Crippen LogP contribution >= 0.6 is 0 Å². The summed E-state index contributed by atoms with van der Waals surface area (Å²) in [5.41, 5.74) is -1.25. The molecule has 2 atom stereocenters. The van der Waals surface area contributed by atoms with Gasteiger partial charge in [-0.25, -0.2) is 9.18 Å². The van der Waals surface area contributed by atoms with Crippen LogP contribution in [0.5, 0.6) is 5.75 Å². The number of benzene rings is 1. The monoisotopic (exact) mass is 297 g/mol. The van der Waals surface area contributed by atoms with Gasteiger partial charge in [0.05, 0.1) is 11.0 Å². The molecular formula is C14H16FNO5. The summed E-state index contributed by atoms with van der Waals surface area (Å²) in [5.74, 6) is -2.34. The Balaban J connectivity index is 2.31. The molecule has 2 rings (SSSR count). The van der Waals surface area contributed by atoms with Crippen molar-refractivity contribution in [3.8, 4) is 5.75 Å². The third-order valence-electron chi connectivity index (χ3n) is 3.66. The summed E-state index contributed by atoms with van der Waals surface area (Å²) in [5, 5.41) is 19.8. The van der Waals surface area contributed by atoms with Crippen molar-refractivity contribution in [3.63, 3.8) is 0 Å². The van der Waals surface area contributed by atoms with Crippen LogP contribution in [0.2, 0.25) is 0 Å². The molecule has 21 heavy (non-hydrogen) atoms. The van der Waals surface area contributed by atoms with E-state index in [0.717, 1.165) is 31.7 Å². The number of nitro groups is 1. The van der Waals surface area contributed by atoms with Crippen molar-refractivity contribution in [1.82, 2.24) is 0 Å². The normalized spacial score (nSPS) is 21.8. The molecule has 1 saturated carbocycles. The van der Waals surface area contributed by atoms with Gasteiger partial charge in [0.1, 0.15) is 11.4 Å². The van der Waals surface area contributed by atoms with Crippen LogP contribution in [0, 0.1) is 21.8 Å². The number of carboxylic acid groups (broad SMARTS) is 1. The predicted molar refractivity (Wildman–Crippen MR) is 72.1 cm³/mol. The van der Waals surface area contributed by atoms with Crippen molar-refractivity contribution in [2.45, 2.75) is 38.7 Å². The first-order valence-electron chi connectivity index (χ1n) is 6.76. The van der Waals surface area contributed by atoms with Crippen LogP contribution in [0.1, 0.15) is 43.0 Å². The van der Waals surface area contributed by atoms with Crippen molar-refractivity contribution in [2.24, 2.45) is 5.92 Å². The zero-order chi connectivity index (χ0) is 15.6. The van der Waals surface area contributed by atoms with Crippen LogP contribution in [0.4, 0.5) is 10.1 Å². The fourth-order valence-electron chi connectivity index (χ4n) is 2.61. The number of nitrogens with zero attached hydrogens (tertiary/aromatic N) is 1. The lowest BCUT2D eigenvalue weighted by Crippen LogP contribution is -2.24. The quantitative estimate of drug-likeness (QED) is 0.679. The minimum atomic E-state index is -1.55. The Bertz CT molecular complexity index is 575. The van der Waals surface area contributed by atoms with E-state index in [1.807, 2.05) is 0 Å². The second-order valence-corrected chi connectivity index (χ2v) is 5.37. The molecule has 0 amide bonds. The van der Waals surface area contributed by atoms with Crippen LogP contribution in [-0.2, 0) is 0 Å². The number of nitro benzene ring substituents is 1. The molecule has 1 aromatic carbocycles. The van der Waals surface area contributed by atoms with E-state index < -0.39 is 28.0 Å². The Morgan fingerprint density at radius 1 is 1.48 bits per heavy atom. The third kappa shape index (κ3) is 3.48. The summed E-state index contributed by atoms with van der Waals surface area (Å²) in [4.78, 5) is 21.1. The second-order valence-electron chi connectivity index (χ2n) is 5.37. The van der Waals surface area contributed by atoms with Crippen LogP contribution in [0.15, 0.2) is 12.1 Å². The smallest absolute Gasteiger partial charge is 0.338 e. The highest BCUT2D eigenvalue weighted by atomic mass is 19.1. The number of rotatable bonds is 4. The second kappa shape index (κ2) is 6.07. The Morgan fingerprint density at radius 3 is 2.76 bits per heavy atom. The maximum absolute atomic E-state index is 13.7. The molecule has 0 radical (unpaired) electrons. The third-order valence-corrected chi connectivity index (χ3v) is 3.66. The van der Waals surface area contributed by atoms with Crippen LogP contribution in [-0.4, -0.2) is 22.1 Å². The van der Waals surface area contributed by atoms with Gasteiger partial charge in [0, 0.05) is 12.1 Å². The number of hydrogen-bond donors (Lipinski definition) is 1. The van der Waals surface area contributed by atoms with Crippen LogP contribution in [0.3, 0.4) is 0 Å². The highest BCUT2D eigenvalue weighted by molar-refractivity contribution is 5.89. The predicted octanol–water partition coefficient (Wildman–Crippen LogP) is 3.39. The highest BCUT2D eigenvalue weighted by Crippen LogP contribution is 2.34. The van der Waals surface area contributed by atoms with Gasteiger partial charge in [-0.3, -0.25) is 10.1 Å². The highest BCUT2D eigenvalue weighted by Gasteiger charge is 2.27. The lowest BCUT2D eigenvalue weighted by atomic mass is 9.89. The van der Waals surface area contributed by atoms with Crippen molar-refractivity contribution in [3.05, 3.63) is 33.6 Å². The maximum Gasteiger partial charge on any atom is 0.338 e. The molecule has 0 bridgehead atoms. The van der Waals surface area contributed by atoms with Gasteiger partial charge in [-0.15, -0.1) is 0 Å². The van der Waals surface area contributed by atoms with Gasteiger partial charge in [-0.05, 0) is 25.2 Å². The lowest BCUT2D eigenvalue weighted by Gasteiger charge is -2.27. The summed E-state index contributed by atoms with van der Waals surface area (Å²) in [7, 11) is 0. The number of carboxylic acids is 1. The molecule has 0 aliphatic heterocycles. The molecule has 7 heteroatoms. The van der Waals surface area contributed by atoms with Crippen molar-refractivity contribution >= 4 is 11.7 Å². The molecule has 1 aliphatic rings. The molecule has 0 aromatic heterocycles. The number of carbonyl (C=O) groups is 1. The fraction of sp³-hybridized carbons (Fsp3) is 0.500. The van der Waals surface area contributed by atoms with Gasteiger partial charge >= 0.3 is 11.7 Å². The van der Waals surface area contributed by atoms with Gasteiger partial charge < -0.3 is 9.84 Å². The Morgan fingerprint density at radius 2 is 2.19 bits per heavy atom. The minimum Gasteiger partial charge on any atom is -0.483 e. The summed E-state index contributed by atoms with van der Waals surface area (Å²) in [6, 6.07) is 1.50. The number of ether oxygens (including phenoxy) is 1. The topological polar surface area (TPSA) is 89.7 Å². The van der Waals surface area contributed by atoms with Crippen LogP contribution < -0.4 is 4.74 Å². The summed E-state index contributed by atoms with van der Waals surface area (Å²) >= 11 is 0. The SMILES string of the molecule is CC1CCCC(Oc2cc(F)c(C(=O)O)cc2[N+](=O)[O-])C1. The first-order chi connectivity index (χ1) is 9.88. The van der Waals surface area contributed by atoms with E-state index in [-0.39, 0.29) is 11.9 Å². The maximum atomic E-state index is 13.7. The van der Waals surface area contributed by atoms with Gasteiger partial charge in [-0.1, -0.05) is 13.3 Å². The molecule has 1 aliphatic carbocycles. The minimum absolute atomic E-state index is 0.206. The standard InChI is InChI=1S/C14H16FNO5/c1-8-3-2-4-9(5-8)21-13-7-11(15)10(14(17)18)6-12(13)16(19)20/h6-9H,2-5H2,1H3,(H,17,18). The van der Waals surface area contributed by atoms with Gasteiger partial charge in [0.25, 0.3) is 0 Å². The molecule has 0 spiro atoms. The van der Waals surface area contributed by atoms with Crippen molar-refractivity contribution < 1.29 is 24.0 Å². The fourth-order valence-corrected chi connectivity index (χ4v) is 2.61. The summed E-state index contributed by atoms with van der Waals surface area (Å²) in [6.07, 6.45) is 3.33. The van der Waals surface area contributed by atoms with E-state index in [0.29, 0.717) is 12.0 Å². The zero-order valence-corrected chi connectivity index (χ0v) is 11.5. The van der Waals surface area contributed by atoms with Gasteiger partial charge in [0.15, 0.2) is 5.75 Å². The molecule has 0 heterocycles. The molecule has 1 aromatic rings. The lowest BCUT2D eigenvalue weighted by molar-refractivity contribution is -0.386. The summed E-state index contributed by atoms with van der Waals surface area (Å²) < 4.78 is 19.3.